The van der Waals surface area contributed by atoms with Gasteiger partial charge in [-0.2, -0.15) is 11.3 Å². The number of ether oxygens (including phenoxy) is 1. The third kappa shape index (κ3) is 3.20. The Morgan fingerprint density at radius 2 is 2.10 bits per heavy atom. The minimum Gasteiger partial charge on any atom is -0.378 e. The van der Waals surface area contributed by atoms with Gasteiger partial charge in [0.1, 0.15) is 0 Å². The highest BCUT2D eigenvalue weighted by atomic mass is 35.5. The van der Waals surface area contributed by atoms with Crippen molar-refractivity contribution < 1.29 is 9.53 Å². The number of benzene rings is 1. The summed E-state index contributed by atoms with van der Waals surface area (Å²) in [5.74, 6) is -0.118. The molecule has 1 aliphatic heterocycles. The summed E-state index contributed by atoms with van der Waals surface area (Å²) in [5, 5.41) is 7.30. The first-order valence-electron chi connectivity index (χ1n) is 6.70. The van der Waals surface area contributed by atoms with Gasteiger partial charge >= 0.3 is 0 Å². The van der Waals surface area contributed by atoms with Crippen LogP contribution in [0, 0.1) is 0 Å². The highest BCUT2D eigenvalue weighted by Crippen LogP contribution is 2.34. The first-order chi connectivity index (χ1) is 10.3. The van der Waals surface area contributed by atoms with Crippen molar-refractivity contribution in [1.29, 1.82) is 0 Å². The van der Waals surface area contributed by atoms with E-state index >= 15 is 0 Å². The molecule has 2 aromatic rings. The molecule has 1 N–H and O–H groups in total. The summed E-state index contributed by atoms with van der Waals surface area (Å²) in [6.45, 7) is 2.88. The lowest BCUT2D eigenvalue weighted by Crippen LogP contribution is -2.37. The molecule has 1 fully saturated rings. The quantitative estimate of drug-likeness (QED) is 0.940. The minimum absolute atomic E-state index is 0.118. The van der Waals surface area contributed by atoms with Gasteiger partial charge in [0.15, 0.2) is 0 Å². The fourth-order valence-corrected chi connectivity index (χ4v) is 3.24. The number of halogens is 1. The monoisotopic (exact) mass is 322 g/mol. The highest BCUT2D eigenvalue weighted by molar-refractivity contribution is 7.08. The second-order valence-electron chi connectivity index (χ2n) is 4.70. The predicted molar refractivity (Wildman–Crippen MR) is 86.8 cm³/mol. The van der Waals surface area contributed by atoms with Crippen molar-refractivity contribution in [2.45, 2.75) is 0 Å². The van der Waals surface area contributed by atoms with Crippen molar-refractivity contribution in [3.8, 4) is 0 Å². The predicted octanol–water partition coefficient (Wildman–Crippen LogP) is 3.49. The van der Waals surface area contributed by atoms with Crippen LogP contribution < -0.4 is 10.2 Å². The molecule has 1 aliphatic rings. The molecule has 21 heavy (non-hydrogen) atoms. The van der Waals surface area contributed by atoms with Gasteiger partial charge in [0, 0.05) is 18.5 Å². The van der Waals surface area contributed by atoms with Crippen molar-refractivity contribution in [2.75, 3.05) is 36.5 Å². The Hall–Kier alpha value is -1.56. The largest absolute Gasteiger partial charge is 0.378 e. The SMILES string of the molecule is O=C(Nc1cccc(Cl)c1N1CCOCC1)c1ccsc1. The molecule has 0 aliphatic carbocycles. The summed E-state index contributed by atoms with van der Waals surface area (Å²) in [7, 11) is 0. The van der Waals surface area contributed by atoms with Crippen LogP contribution in [0.2, 0.25) is 5.02 Å². The molecular weight excluding hydrogens is 308 g/mol. The molecule has 0 saturated carbocycles. The van der Waals surface area contributed by atoms with E-state index in [1.807, 2.05) is 29.0 Å². The zero-order valence-electron chi connectivity index (χ0n) is 11.3. The smallest absolute Gasteiger partial charge is 0.256 e. The number of anilines is 2. The fourth-order valence-electron chi connectivity index (χ4n) is 2.31. The summed E-state index contributed by atoms with van der Waals surface area (Å²) in [4.78, 5) is 14.4. The van der Waals surface area contributed by atoms with Crippen LogP contribution in [0.4, 0.5) is 11.4 Å². The number of rotatable bonds is 3. The van der Waals surface area contributed by atoms with Gasteiger partial charge in [-0.1, -0.05) is 17.7 Å². The van der Waals surface area contributed by atoms with E-state index < -0.39 is 0 Å². The number of nitrogens with zero attached hydrogens (tertiary/aromatic N) is 1. The van der Waals surface area contributed by atoms with Crippen molar-refractivity contribution >= 4 is 40.2 Å². The molecule has 3 rings (SSSR count). The minimum atomic E-state index is -0.118. The van der Waals surface area contributed by atoms with E-state index in [1.165, 1.54) is 11.3 Å². The number of thiophene rings is 1. The molecule has 1 aromatic heterocycles. The number of carbonyl (C=O) groups excluding carboxylic acids is 1. The average Bonchev–Trinajstić information content (AvgIpc) is 3.02. The molecule has 0 bridgehead atoms. The maximum absolute atomic E-state index is 12.2. The van der Waals surface area contributed by atoms with Gasteiger partial charge in [0.05, 0.1) is 35.2 Å². The molecule has 0 radical (unpaired) electrons. The van der Waals surface area contributed by atoms with Crippen LogP contribution in [-0.2, 0) is 4.74 Å². The van der Waals surface area contributed by atoms with Crippen molar-refractivity contribution in [2.24, 2.45) is 0 Å². The number of amides is 1. The summed E-state index contributed by atoms with van der Waals surface area (Å²) >= 11 is 7.84. The number of hydrogen-bond acceptors (Lipinski definition) is 4. The van der Waals surface area contributed by atoms with Gasteiger partial charge in [-0.3, -0.25) is 4.79 Å². The van der Waals surface area contributed by atoms with Gasteiger partial charge in [-0.25, -0.2) is 0 Å². The lowest BCUT2D eigenvalue weighted by atomic mass is 10.2. The number of hydrogen-bond donors (Lipinski definition) is 1. The normalized spacial score (nSPS) is 15.0. The van der Waals surface area contributed by atoms with Crippen LogP contribution in [0.5, 0.6) is 0 Å². The number of morpholine rings is 1. The van der Waals surface area contributed by atoms with Gasteiger partial charge < -0.3 is 15.0 Å². The molecule has 0 atom stereocenters. The zero-order chi connectivity index (χ0) is 14.7. The van der Waals surface area contributed by atoms with Crippen molar-refractivity contribution in [3.05, 3.63) is 45.6 Å². The standard InChI is InChI=1S/C15H15ClN2O2S/c16-12-2-1-3-13(14(12)18-5-7-20-8-6-18)17-15(19)11-4-9-21-10-11/h1-4,9-10H,5-8H2,(H,17,19). The Balaban J connectivity index is 1.87. The average molecular weight is 323 g/mol. The first kappa shape index (κ1) is 14.4. The third-order valence-electron chi connectivity index (χ3n) is 3.35. The number of carbonyl (C=O) groups is 1. The molecule has 0 spiro atoms. The van der Waals surface area contributed by atoms with Crippen LogP contribution in [0.1, 0.15) is 10.4 Å². The van der Waals surface area contributed by atoms with Gasteiger partial charge in [0.2, 0.25) is 0 Å². The molecule has 4 nitrogen and oxygen atoms in total. The van der Waals surface area contributed by atoms with E-state index in [9.17, 15) is 4.79 Å². The van der Waals surface area contributed by atoms with E-state index in [4.69, 9.17) is 16.3 Å². The molecule has 1 saturated heterocycles. The summed E-state index contributed by atoms with van der Waals surface area (Å²) in [5.41, 5.74) is 2.26. The summed E-state index contributed by atoms with van der Waals surface area (Å²) in [6, 6.07) is 7.36. The number of para-hydroxylation sites is 1. The Morgan fingerprint density at radius 1 is 1.29 bits per heavy atom. The van der Waals surface area contributed by atoms with Crippen LogP contribution >= 0.6 is 22.9 Å². The Bertz CT molecular complexity index is 625. The maximum Gasteiger partial charge on any atom is 0.256 e. The van der Waals surface area contributed by atoms with Gasteiger partial charge in [0.25, 0.3) is 5.91 Å². The van der Waals surface area contributed by atoms with Gasteiger partial charge in [-0.15, -0.1) is 0 Å². The Morgan fingerprint density at radius 3 is 2.81 bits per heavy atom. The molecule has 110 valence electrons. The number of nitrogens with one attached hydrogen (secondary N) is 1. The van der Waals surface area contributed by atoms with Crippen LogP contribution in [0.25, 0.3) is 0 Å². The molecule has 1 aromatic carbocycles. The molecule has 2 heterocycles. The van der Waals surface area contributed by atoms with Crippen molar-refractivity contribution in [1.82, 2.24) is 0 Å². The highest BCUT2D eigenvalue weighted by Gasteiger charge is 2.19. The van der Waals surface area contributed by atoms with Crippen LogP contribution in [0.3, 0.4) is 0 Å². The lowest BCUT2D eigenvalue weighted by Gasteiger charge is -2.31. The van der Waals surface area contributed by atoms with E-state index in [0.29, 0.717) is 23.8 Å². The molecular formula is C15H15ClN2O2S. The second kappa shape index (κ2) is 6.47. The van der Waals surface area contributed by atoms with Gasteiger partial charge in [-0.05, 0) is 23.6 Å². The third-order valence-corrected chi connectivity index (χ3v) is 4.33. The van der Waals surface area contributed by atoms with E-state index in [0.717, 1.165) is 24.5 Å². The summed E-state index contributed by atoms with van der Waals surface area (Å²) in [6.07, 6.45) is 0. The maximum atomic E-state index is 12.2. The van der Waals surface area contributed by atoms with E-state index in [1.54, 1.807) is 6.07 Å². The molecule has 6 heteroatoms. The fraction of sp³-hybridized carbons (Fsp3) is 0.267. The zero-order valence-corrected chi connectivity index (χ0v) is 12.9. The summed E-state index contributed by atoms with van der Waals surface area (Å²) < 4.78 is 5.37. The molecule has 0 unspecified atom stereocenters. The van der Waals surface area contributed by atoms with E-state index in [2.05, 4.69) is 10.2 Å². The topological polar surface area (TPSA) is 41.6 Å². The Kier molecular flexibility index (Phi) is 4.43. The lowest BCUT2D eigenvalue weighted by molar-refractivity contribution is 0.102. The van der Waals surface area contributed by atoms with Crippen molar-refractivity contribution in [3.63, 3.8) is 0 Å². The second-order valence-corrected chi connectivity index (χ2v) is 5.89. The Labute approximate surface area is 132 Å². The first-order valence-corrected chi connectivity index (χ1v) is 8.02. The molecule has 1 amide bonds. The van der Waals surface area contributed by atoms with Crippen LogP contribution in [0.15, 0.2) is 35.0 Å². The van der Waals surface area contributed by atoms with E-state index in [-0.39, 0.29) is 5.91 Å². The van der Waals surface area contributed by atoms with Crippen LogP contribution in [-0.4, -0.2) is 32.2 Å².